The number of ether oxygens (including phenoxy) is 1. The number of oxazole rings is 1. The van der Waals surface area contributed by atoms with Gasteiger partial charge in [0.15, 0.2) is 10.7 Å². The van der Waals surface area contributed by atoms with Crippen LogP contribution in [-0.2, 0) is 4.79 Å². The van der Waals surface area contributed by atoms with Crippen LogP contribution in [0.15, 0.2) is 74.0 Å². The number of hydrogen-bond acceptors (Lipinski definition) is 5. The number of rotatable bonds is 7. The topological polar surface area (TPSA) is 76.4 Å². The monoisotopic (exact) mass is 641 g/mol. The molecule has 0 spiro atoms. The lowest BCUT2D eigenvalue weighted by Gasteiger charge is -2.09. The molecule has 2 N–H and O–H groups in total. The zero-order valence-corrected chi connectivity index (χ0v) is 24.5. The van der Waals surface area contributed by atoms with E-state index in [0.717, 1.165) is 43.3 Å². The Morgan fingerprint density at radius 2 is 1.92 bits per heavy atom. The largest absolute Gasteiger partial charge is 0.495 e. The molecule has 37 heavy (non-hydrogen) atoms. The number of methoxy groups -OCH3 is 1. The van der Waals surface area contributed by atoms with Gasteiger partial charge in [0.2, 0.25) is 11.8 Å². The molecule has 1 heterocycles. The number of halogens is 2. The Hall–Kier alpha value is -3.01. The maximum Gasteiger partial charge on any atom is 0.250 e. The molecule has 0 saturated carbocycles. The molecule has 3 aromatic carbocycles. The molecule has 190 valence electrons. The second-order valence-corrected chi connectivity index (χ2v) is 10.6. The zero-order valence-electron chi connectivity index (χ0n) is 20.5. The highest BCUT2D eigenvalue weighted by Gasteiger charge is 2.12. The third-order valence-corrected chi connectivity index (χ3v) is 7.13. The Morgan fingerprint density at radius 3 is 2.62 bits per heavy atom. The van der Waals surface area contributed by atoms with Crippen molar-refractivity contribution >= 4 is 78.0 Å². The molecule has 0 saturated heterocycles. The predicted octanol–water partition coefficient (Wildman–Crippen LogP) is 8.07. The molecule has 1 aromatic heterocycles. The van der Waals surface area contributed by atoms with Crippen LogP contribution in [0, 0.1) is 0 Å². The second kappa shape index (κ2) is 12.0. The fraction of sp³-hybridized carbons (Fsp3) is 0.179. The summed E-state index contributed by atoms with van der Waals surface area (Å²) in [4.78, 5) is 17.1. The van der Waals surface area contributed by atoms with Crippen LogP contribution in [0.25, 0.3) is 28.6 Å². The molecule has 6 nitrogen and oxygen atoms in total. The van der Waals surface area contributed by atoms with Gasteiger partial charge in [-0.05, 0) is 101 Å². The number of benzene rings is 3. The number of nitrogens with one attached hydrogen (secondary N) is 2. The maximum atomic E-state index is 12.4. The minimum Gasteiger partial charge on any atom is -0.495 e. The zero-order chi connectivity index (χ0) is 26.5. The van der Waals surface area contributed by atoms with E-state index in [-0.39, 0.29) is 11.0 Å². The van der Waals surface area contributed by atoms with Crippen LogP contribution in [-0.4, -0.2) is 23.1 Å². The first kappa shape index (κ1) is 27.0. The van der Waals surface area contributed by atoms with Crippen molar-refractivity contribution in [2.75, 3.05) is 12.4 Å². The number of aromatic nitrogens is 1. The van der Waals surface area contributed by atoms with Gasteiger partial charge in [-0.25, -0.2) is 4.98 Å². The van der Waals surface area contributed by atoms with Crippen molar-refractivity contribution < 1.29 is 13.9 Å². The number of anilines is 1. The number of fused-ring (bicyclic) bond motifs is 1. The smallest absolute Gasteiger partial charge is 0.250 e. The Kier molecular flexibility index (Phi) is 8.79. The van der Waals surface area contributed by atoms with Gasteiger partial charge in [0.05, 0.1) is 11.6 Å². The van der Waals surface area contributed by atoms with Gasteiger partial charge in [-0.1, -0.05) is 35.8 Å². The minimum atomic E-state index is -0.365. The number of carbonyl (C=O) groups excluding carboxylic acids is 1. The summed E-state index contributed by atoms with van der Waals surface area (Å²) in [5, 5.41) is 5.85. The van der Waals surface area contributed by atoms with Crippen molar-refractivity contribution in [1.29, 1.82) is 0 Å². The van der Waals surface area contributed by atoms with Crippen molar-refractivity contribution in [3.63, 3.8) is 0 Å². The van der Waals surface area contributed by atoms with Gasteiger partial charge >= 0.3 is 0 Å². The van der Waals surface area contributed by atoms with Crippen molar-refractivity contribution in [3.8, 4) is 17.2 Å². The molecule has 1 amide bonds. The highest BCUT2D eigenvalue weighted by Crippen LogP contribution is 2.33. The lowest BCUT2D eigenvalue weighted by molar-refractivity contribution is -0.115. The van der Waals surface area contributed by atoms with Crippen LogP contribution in [0.5, 0.6) is 5.75 Å². The van der Waals surface area contributed by atoms with Crippen molar-refractivity contribution in [1.82, 2.24) is 10.3 Å². The molecule has 4 rings (SSSR count). The molecule has 0 aliphatic carbocycles. The van der Waals surface area contributed by atoms with Crippen molar-refractivity contribution in [2.45, 2.75) is 26.2 Å². The van der Waals surface area contributed by atoms with Crippen molar-refractivity contribution in [3.05, 3.63) is 80.7 Å². The van der Waals surface area contributed by atoms with E-state index in [2.05, 4.69) is 73.5 Å². The number of carbonyl (C=O) groups is 1. The summed E-state index contributed by atoms with van der Waals surface area (Å²) in [6, 6.07) is 17.4. The Morgan fingerprint density at radius 1 is 1.16 bits per heavy atom. The Labute approximate surface area is 237 Å². The third kappa shape index (κ3) is 6.66. The highest BCUT2D eigenvalue weighted by atomic mass is 79.9. The average molecular weight is 643 g/mol. The quantitative estimate of drug-likeness (QED) is 0.157. The van der Waals surface area contributed by atoms with E-state index in [1.807, 2.05) is 42.5 Å². The van der Waals surface area contributed by atoms with Crippen LogP contribution >= 0.6 is 44.1 Å². The van der Waals surface area contributed by atoms with E-state index in [4.69, 9.17) is 21.4 Å². The van der Waals surface area contributed by atoms with Crippen molar-refractivity contribution in [2.24, 2.45) is 0 Å². The van der Waals surface area contributed by atoms with Gasteiger partial charge in [-0.3, -0.25) is 10.1 Å². The molecule has 9 heteroatoms. The summed E-state index contributed by atoms with van der Waals surface area (Å²) in [7, 11) is 1.57. The average Bonchev–Trinajstić information content (AvgIpc) is 3.30. The summed E-state index contributed by atoms with van der Waals surface area (Å²) in [5.74, 6) is 1.29. The first-order valence-electron chi connectivity index (χ1n) is 11.6. The van der Waals surface area contributed by atoms with Gasteiger partial charge in [0, 0.05) is 27.4 Å². The van der Waals surface area contributed by atoms with Crippen LogP contribution in [0.2, 0.25) is 0 Å². The first-order chi connectivity index (χ1) is 17.8. The summed E-state index contributed by atoms with van der Waals surface area (Å²) >= 11 is 12.2. The normalized spacial score (nSPS) is 12.0. The second-order valence-electron chi connectivity index (χ2n) is 8.42. The fourth-order valence-electron chi connectivity index (χ4n) is 3.71. The molecule has 1 atom stereocenters. The summed E-state index contributed by atoms with van der Waals surface area (Å²) in [6.07, 6.45) is 4.13. The fourth-order valence-corrected chi connectivity index (χ4v) is 5.35. The van der Waals surface area contributed by atoms with E-state index in [9.17, 15) is 4.79 Å². The summed E-state index contributed by atoms with van der Waals surface area (Å²) < 4.78 is 13.0. The first-order valence-corrected chi connectivity index (χ1v) is 13.6. The van der Waals surface area contributed by atoms with Gasteiger partial charge in [0.25, 0.3) is 0 Å². The molecule has 0 bridgehead atoms. The predicted molar refractivity (Wildman–Crippen MR) is 160 cm³/mol. The molecule has 0 aliphatic heterocycles. The standard InChI is InChI=1S/C28H25Br2N3O3S/c1-4-16(2)18-7-11-24-23(14-18)32-27(36-24)17-5-9-21(10-6-17)31-28(37)33-25(34)12-8-19-13-20(29)15-22(30)26(19)35-3/h5-16H,4H2,1-3H3,(H2,31,33,34,37). The molecule has 0 radical (unpaired) electrons. The van der Waals surface area contributed by atoms with E-state index in [1.54, 1.807) is 13.2 Å². The van der Waals surface area contributed by atoms with E-state index in [0.29, 0.717) is 17.6 Å². The summed E-state index contributed by atoms with van der Waals surface area (Å²) in [5.41, 5.74) is 5.17. The van der Waals surface area contributed by atoms with E-state index >= 15 is 0 Å². The Bertz CT molecular complexity index is 1480. The van der Waals surface area contributed by atoms with Gasteiger partial charge in [0.1, 0.15) is 11.3 Å². The summed E-state index contributed by atoms with van der Waals surface area (Å²) in [6.45, 7) is 4.38. The third-order valence-electron chi connectivity index (χ3n) is 5.87. The number of nitrogens with zero attached hydrogens (tertiary/aromatic N) is 1. The Balaban J connectivity index is 1.38. The SMILES string of the molecule is CCC(C)c1ccc2oc(-c3ccc(NC(=S)NC(=O)C=Cc4cc(Br)cc(Br)c4OC)cc3)nc2c1. The van der Waals surface area contributed by atoms with E-state index < -0.39 is 0 Å². The van der Waals surface area contributed by atoms with Crippen LogP contribution < -0.4 is 15.4 Å². The highest BCUT2D eigenvalue weighted by molar-refractivity contribution is 9.11. The molecule has 4 aromatic rings. The van der Waals surface area contributed by atoms with Gasteiger partial charge in [-0.2, -0.15) is 0 Å². The van der Waals surface area contributed by atoms with E-state index in [1.165, 1.54) is 11.6 Å². The minimum absolute atomic E-state index is 0.184. The van der Waals surface area contributed by atoms with Gasteiger partial charge in [-0.15, -0.1) is 0 Å². The maximum absolute atomic E-state index is 12.4. The van der Waals surface area contributed by atoms with Crippen LogP contribution in [0.3, 0.4) is 0 Å². The lowest BCUT2D eigenvalue weighted by Crippen LogP contribution is -2.32. The molecule has 1 unspecified atom stereocenters. The molecule has 0 aliphatic rings. The molecular weight excluding hydrogens is 618 g/mol. The van der Waals surface area contributed by atoms with Crippen LogP contribution in [0.4, 0.5) is 5.69 Å². The number of thiocarbonyl (C=S) groups is 1. The number of hydrogen-bond donors (Lipinski definition) is 2. The lowest BCUT2D eigenvalue weighted by atomic mass is 9.98. The number of amides is 1. The molecule has 0 fully saturated rings. The van der Waals surface area contributed by atoms with Crippen LogP contribution in [0.1, 0.15) is 37.3 Å². The van der Waals surface area contributed by atoms with Gasteiger partial charge < -0.3 is 14.5 Å². The molecular formula is C28H25Br2N3O3S.